The summed E-state index contributed by atoms with van der Waals surface area (Å²) >= 11 is 0. The maximum absolute atomic E-state index is 12.3. The Morgan fingerprint density at radius 1 is 1.10 bits per heavy atom. The predicted octanol–water partition coefficient (Wildman–Crippen LogP) is 3.46. The van der Waals surface area contributed by atoms with Crippen LogP contribution in [0.25, 0.3) is 0 Å². The van der Waals surface area contributed by atoms with Crippen LogP contribution >= 0.6 is 0 Å². The van der Waals surface area contributed by atoms with Crippen molar-refractivity contribution in [3.05, 3.63) is 35.4 Å². The highest BCUT2D eigenvalue weighted by molar-refractivity contribution is 5.94. The molecule has 3 nitrogen and oxygen atoms in total. The quantitative estimate of drug-likeness (QED) is 0.897. The van der Waals surface area contributed by atoms with Gasteiger partial charge < -0.3 is 10.1 Å². The molecule has 0 unspecified atom stereocenters. The second-order valence-corrected chi connectivity index (χ2v) is 7.07. The highest BCUT2D eigenvalue weighted by atomic mass is 16.5. The Morgan fingerprint density at radius 3 is 2.10 bits per heavy atom. The van der Waals surface area contributed by atoms with Gasteiger partial charge in [-0.05, 0) is 59.6 Å². The Hall–Kier alpha value is -1.35. The molecule has 0 radical (unpaired) electrons. The van der Waals surface area contributed by atoms with E-state index in [9.17, 15) is 4.79 Å². The lowest BCUT2D eigenvalue weighted by atomic mass is 9.85. The van der Waals surface area contributed by atoms with Gasteiger partial charge in [-0.25, -0.2) is 0 Å². The van der Waals surface area contributed by atoms with Crippen LogP contribution in [0.2, 0.25) is 0 Å². The second kappa shape index (κ2) is 5.21. The molecule has 0 aromatic heterocycles. The van der Waals surface area contributed by atoms with Crippen LogP contribution in [0.1, 0.15) is 56.5 Å². The Labute approximate surface area is 121 Å². The van der Waals surface area contributed by atoms with Gasteiger partial charge in [0.05, 0.1) is 11.2 Å². The van der Waals surface area contributed by atoms with E-state index in [1.807, 2.05) is 31.2 Å². The van der Waals surface area contributed by atoms with Crippen molar-refractivity contribution in [1.29, 1.82) is 0 Å². The molecule has 3 heteroatoms. The van der Waals surface area contributed by atoms with Crippen LogP contribution in [0.3, 0.4) is 0 Å². The molecule has 1 aliphatic rings. The van der Waals surface area contributed by atoms with Gasteiger partial charge in [0.15, 0.2) is 0 Å². The van der Waals surface area contributed by atoms with Crippen LogP contribution in [0.4, 0.5) is 0 Å². The van der Waals surface area contributed by atoms with Crippen LogP contribution in [0.15, 0.2) is 24.3 Å². The van der Waals surface area contributed by atoms with Crippen molar-refractivity contribution < 1.29 is 9.53 Å². The molecule has 0 aliphatic carbocycles. The standard InChI is InChI=1S/C17H25NO2/c1-12-6-8-13(9-7-12)15(19)18-14-10-16(2,3)20-17(4,5)11-14/h6-9,14H,10-11H2,1-5H3,(H,18,19). The van der Waals surface area contributed by atoms with E-state index in [1.165, 1.54) is 0 Å². The first-order chi connectivity index (χ1) is 9.17. The zero-order chi connectivity index (χ0) is 15.0. The average Bonchev–Trinajstić information content (AvgIpc) is 2.25. The fraction of sp³-hybridized carbons (Fsp3) is 0.588. The topological polar surface area (TPSA) is 38.3 Å². The smallest absolute Gasteiger partial charge is 0.251 e. The second-order valence-electron chi connectivity index (χ2n) is 7.07. The molecule has 0 bridgehead atoms. The minimum absolute atomic E-state index is 0.00324. The Kier molecular flexibility index (Phi) is 3.92. The maximum Gasteiger partial charge on any atom is 0.251 e. The zero-order valence-corrected chi connectivity index (χ0v) is 13.1. The van der Waals surface area contributed by atoms with Crippen LogP contribution in [-0.2, 0) is 4.74 Å². The van der Waals surface area contributed by atoms with Crippen molar-refractivity contribution in [3.8, 4) is 0 Å². The number of ether oxygens (including phenoxy) is 1. The van der Waals surface area contributed by atoms with Gasteiger partial charge in [0.25, 0.3) is 5.91 Å². The molecule has 1 saturated heterocycles. The summed E-state index contributed by atoms with van der Waals surface area (Å²) in [5.41, 5.74) is 1.48. The van der Waals surface area contributed by atoms with Crippen molar-refractivity contribution in [1.82, 2.24) is 5.32 Å². The molecular weight excluding hydrogens is 250 g/mol. The number of nitrogens with one attached hydrogen (secondary N) is 1. The average molecular weight is 275 g/mol. The van der Waals surface area contributed by atoms with E-state index >= 15 is 0 Å². The first kappa shape index (κ1) is 15.0. The number of carbonyl (C=O) groups excluding carboxylic acids is 1. The summed E-state index contributed by atoms with van der Waals surface area (Å²) in [7, 11) is 0. The highest BCUT2D eigenvalue weighted by Gasteiger charge is 2.39. The summed E-state index contributed by atoms with van der Waals surface area (Å²) in [6, 6.07) is 7.84. The van der Waals surface area contributed by atoms with Crippen molar-refractivity contribution in [3.63, 3.8) is 0 Å². The number of rotatable bonds is 2. The molecule has 1 aromatic carbocycles. The SMILES string of the molecule is Cc1ccc(C(=O)NC2CC(C)(C)OC(C)(C)C2)cc1. The van der Waals surface area contributed by atoms with E-state index in [0.29, 0.717) is 0 Å². The first-order valence-corrected chi connectivity index (χ1v) is 7.25. The molecule has 0 atom stereocenters. The Bertz CT molecular complexity index is 472. The fourth-order valence-electron chi connectivity index (χ4n) is 3.17. The lowest BCUT2D eigenvalue weighted by Gasteiger charge is -2.45. The van der Waals surface area contributed by atoms with Gasteiger partial charge >= 0.3 is 0 Å². The molecule has 0 spiro atoms. The van der Waals surface area contributed by atoms with Crippen molar-refractivity contribution in [2.75, 3.05) is 0 Å². The number of amides is 1. The monoisotopic (exact) mass is 275 g/mol. The molecule has 110 valence electrons. The molecule has 2 rings (SSSR count). The van der Waals surface area contributed by atoms with Crippen molar-refractivity contribution in [2.45, 2.75) is 64.7 Å². The fourth-order valence-corrected chi connectivity index (χ4v) is 3.17. The molecule has 0 saturated carbocycles. The first-order valence-electron chi connectivity index (χ1n) is 7.25. The van der Waals surface area contributed by atoms with Gasteiger partial charge in [0, 0.05) is 11.6 Å². The van der Waals surface area contributed by atoms with Crippen molar-refractivity contribution >= 4 is 5.91 Å². The summed E-state index contributed by atoms with van der Waals surface area (Å²) in [5, 5.41) is 3.15. The van der Waals surface area contributed by atoms with Gasteiger partial charge in [-0.3, -0.25) is 4.79 Å². The maximum atomic E-state index is 12.3. The molecule has 1 amide bonds. The summed E-state index contributed by atoms with van der Waals surface area (Å²) in [6.07, 6.45) is 1.68. The van der Waals surface area contributed by atoms with E-state index in [2.05, 4.69) is 33.0 Å². The largest absolute Gasteiger partial charge is 0.370 e. The van der Waals surface area contributed by atoms with E-state index in [0.717, 1.165) is 24.0 Å². The van der Waals surface area contributed by atoms with E-state index < -0.39 is 0 Å². The molecule has 1 aliphatic heterocycles. The number of aryl methyl sites for hydroxylation is 1. The van der Waals surface area contributed by atoms with Crippen LogP contribution in [0, 0.1) is 6.92 Å². The third-order valence-electron chi connectivity index (χ3n) is 3.68. The molecule has 20 heavy (non-hydrogen) atoms. The van der Waals surface area contributed by atoms with Crippen LogP contribution in [-0.4, -0.2) is 23.2 Å². The van der Waals surface area contributed by atoms with E-state index in [1.54, 1.807) is 0 Å². The molecule has 1 heterocycles. The summed E-state index contributed by atoms with van der Waals surface area (Å²) in [6.45, 7) is 10.3. The Morgan fingerprint density at radius 2 is 1.60 bits per heavy atom. The van der Waals surface area contributed by atoms with Gasteiger partial charge in [-0.15, -0.1) is 0 Å². The normalized spacial score (nSPS) is 21.4. The summed E-state index contributed by atoms with van der Waals surface area (Å²) in [5.74, 6) is 0.00324. The van der Waals surface area contributed by atoms with Crippen LogP contribution < -0.4 is 5.32 Å². The number of benzene rings is 1. The summed E-state index contributed by atoms with van der Waals surface area (Å²) < 4.78 is 6.04. The number of hydrogen-bond acceptors (Lipinski definition) is 2. The minimum Gasteiger partial charge on any atom is -0.370 e. The number of carbonyl (C=O) groups is 1. The number of hydrogen-bond donors (Lipinski definition) is 1. The zero-order valence-electron chi connectivity index (χ0n) is 13.1. The molecular formula is C17H25NO2. The Balaban J connectivity index is 2.05. The summed E-state index contributed by atoms with van der Waals surface area (Å²) in [4.78, 5) is 12.3. The highest BCUT2D eigenvalue weighted by Crippen LogP contribution is 2.34. The third-order valence-corrected chi connectivity index (χ3v) is 3.68. The van der Waals surface area contributed by atoms with Gasteiger partial charge in [0.2, 0.25) is 0 Å². The van der Waals surface area contributed by atoms with Crippen molar-refractivity contribution in [2.24, 2.45) is 0 Å². The molecule has 1 aromatic rings. The lowest BCUT2D eigenvalue weighted by molar-refractivity contribution is -0.162. The van der Waals surface area contributed by atoms with E-state index in [-0.39, 0.29) is 23.2 Å². The molecule has 1 N–H and O–H groups in total. The minimum atomic E-state index is -0.201. The lowest BCUT2D eigenvalue weighted by Crippen LogP contribution is -2.52. The predicted molar refractivity (Wildman–Crippen MR) is 80.9 cm³/mol. The van der Waals surface area contributed by atoms with Crippen LogP contribution in [0.5, 0.6) is 0 Å². The molecule has 1 fully saturated rings. The van der Waals surface area contributed by atoms with E-state index in [4.69, 9.17) is 4.74 Å². The van der Waals surface area contributed by atoms with Gasteiger partial charge in [0.1, 0.15) is 0 Å². The van der Waals surface area contributed by atoms with Gasteiger partial charge in [-0.2, -0.15) is 0 Å². The van der Waals surface area contributed by atoms with Gasteiger partial charge in [-0.1, -0.05) is 17.7 Å². The third kappa shape index (κ3) is 3.83.